The molecule has 1 heteroatoms. The van der Waals surface area contributed by atoms with Crippen molar-refractivity contribution in [3.8, 4) is 0 Å². The smallest absolute Gasteiger partial charge is 0.114 e. The van der Waals surface area contributed by atoms with E-state index in [9.17, 15) is 0 Å². The molecule has 0 radical (unpaired) electrons. The van der Waals surface area contributed by atoms with E-state index < -0.39 is 0 Å². The van der Waals surface area contributed by atoms with Gasteiger partial charge in [0.15, 0.2) is 0 Å². The van der Waals surface area contributed by atoms with Crippen molar-refractivity contribution in [2.24, 2.45) is 0 Å². The van der Waals surface area contributed by atoms with Crippen molar-refractivity contribution >= 4 is 0 Å². The molecular formula is C17H30O. The Hall–Kier alpha value is -0.720. The molecular weight excluding hydrogens is 220 g/mol. The minimum absolute atomic E-state index is 0.859. The van der Waals surface area contributed by atoms with Crippen LogP contribution in [-0.2, 0) is 4.74 Å². The predicted octanol–water partition coefficient (Wildman–Crippen LogP) is 5.77. The minimum Gasteiger partial charge on any atom is -0.494 e. The second-order valence-electron chi connectivity index (χ2n) is 5.34. The van der Waals surface area contributed by atoms with Crippen LogP contribution in [0.3, 0.4) is 0 Å². The Bertz CT molecular complexity index is 230. The molecule has 0 aromatic rings. The highest BCUT2D eigenvalue weighted by Gasteiger charge is 1.97. The van der Waals surface area contributed by atoms with Crippen molar-refractivity contribution < 1.29 is 4.74 Å². The van der Waals surface area contributed by atoms with Crippen LogP contribution in [0.5, 0.6) is 0 Å². The Morgan fingerprint density at radius 1 is 0.778 bits per heavy atom. The van der Waals surface area contributed by atoms with E-state index in [0.29, 0.717) is 0 Å². The molecule has 104 valence electrons. The van der Waals surface area contributed by atoms with Crippen LogP contribution >= 0.6 is 0 Å². The molecule has 0 saturated carbocycles. The third-order valence-electron chi connectivity index (χ3n) is 3.66. The van der Waals surface area contributed by atoms with Crippen molar-refractivity contribution in [1.82, 2.24) is 0 Å². The summed E-state index contributed by atoms with van der Waals surface area (Å²) in [5.74, 6) is 0.988. The molecule has 1 aliphatic heterocycles. The Balaban J connectivity index is 2.26. The van der Waals surface area contributed by atoms with Crippen LogP contribution in [0.1, 0.15) is 77.0 Å². The van der Waals surface area contributed by atoms with Crippen molar-refractivity contribution in [3.05, 3.63) is 24.5 Å². The van der Waals surface area contributed by atoms with Gasteiger partial charge >= 0.3 is 0 Å². The van der Waals surface area contributed by atoms with Gasteiger partial charge in [-0.1, -0.05) is 64.4 Å². The maximum atomic E-state index is 5.74. The lowest BCUT2D eigenvalue weighted by Crippen LogP contribution is -1.94. The lowest BCUT2D eigenvalue weighted by molar-refractivity contribution is 0.215. The second-order valence-corrected chi connectivity index (χ2v) is 5.34. The Labute approximate surface area is 113 Å². The summed E-state index contributed by atoms with van der Waals surface area (Å²) < 4.78 is 5.74. The van der Waals surface area contributed by atoms with Crippen LogP contribution in [0.25, 0.3) is 0 Å². The summed E-state index contributed by atoms with van der Waals surface area (Å²) in [6, 6.07) is 0. The monoisotopic (exact) mass is 250 g/mol. The normalized spacial score (nSPS) is 24.6. The summed E-state index contributed by atoms with van der Waals surface area (Å²) in [4.78, 5) is 0. The number of hydrogen-bond donors (Lipinski definition) is 0. The molecule has 0 fully saturated rings. The fraction of sp³-hybridized carbons (Fsp3) is 0.765. The largest absolute Gasteiger partial charge is 0.494 e. The third kappa shape index (κ3) is 8.38. The van der Waals surface area contributed by atoms with Crippen LogP contribution in [0, 0.1) is 0 Å². The summed E-state index contributed by atoms with van der Waals surface area (Å²) in [6.45, 7) is 4.68. The van der Waals surface area contributed by atoms with Gasteiger partial charge in [-0.2, -0.15) is 0 Å². The van der Waals surface area contributed by atoms with E-state index in [4.69, 9.17) is 4.74 Å². The quantitative estimate of drug-likeness (QED) is 0.574. The molecule has 0 spiro atoms. The highest BCUT2D eigenvalue weighted by atomic mass is 16.5. The van der Waals surface area contributed by atoms with E-state index >= 15 is 0 Å². The fourth-order valence-electron chi connectivity index (χ4n) is 2.47. The van der Waals surface area contributed by atoms with E-state index in [1.807, 2.05) is 6.08 Å². The molecule has 1 aliphatic rings. The zero-order chi connectivity index (χ0) is 12.9. The Morgan fingerprint density at radius 2 is 1.28 bits per heavy atom. The highest BCUT2D eigenvalue weighted by Crippen LogP contribution is 2.14. The van der Waals surface area contributed by atoms with Gasteiger partial charge in [0, 0.05) is 0 Å². The lowest BCUT2D eigenvalue weighted by atomic mass is 10.0. The van der Waals surface area contributed by atoms with Gasteiger partial charge in [0.1, 0.15) is 5.76 Å². The molecule has 0 saturated heterocycles. The molecule has 0 aromatic carbocycles. The van der Waals surface area contributed by atoms with Crippen LogP contribution < -0.4 is 0 Å². The van der Waals surface area contributed by atoms with E-state index in [-0.39, 0.29) is 0 Å². The zero-order valence-electron chi connectivity index (χ0n) is 12.0. The van der Waals surface area contributed by atoms with Gasteiger partial charge in [0.25, 0.3) is 0 Å². The van der Waals surface area contributed by atoms with Crippen molar-refractivity contribution in [1.29, 1.82) is 0 Å². The molecule has 1 heterocycles. The molecule has 0 N–H and O–H groups in total. The van der Waals surface area contributed by atoms with Crippen LogP contribution in [0.4, 0.5) is 0 Å². The number of allylic oxidation sites excluding steroid dienone is 2. The summed E-state index contributed by atoms with van der Waals surface area (Å²) in [7, 11) is 0. The molecule has 0 unspecified atom stereocenters. The first kappa shape index (κ1) is 15.3. The van der Waals surface area contributed by atoms with Gasteiger partial charge in [-0.05, 0) is 31.4 Å². The van der Waals surface area contributed by atoms with Crippen LogP contribution in [0.2, 0.25) is 0 Å². The maximum absolute atomic E-state index is 5.74. The second kappa shape index (κ2) is 11.4. The number of hydrogen-bond acceptors (Lipinski definition) is 1. The highest BCUT2D eigenvalue weighted by molar-refractivity contribution is 5.08. The fourth-order valence-corrected chi connectivity index (χ4v) is 2.47. The summed E-state index contributed by atoms with van der Waals surface area (Å²) in [5.41, 5.74) is 0. The van der Waals surface area contributed by atoms with Gasteiger partial charge in [-0.25, -0.2) is 0 Å². The first-order valence-electron chi connectivity index (χ1n) is 7.89. The summed E-state index contributed by atoms with van der Waals surface area (Å²) in [6.07, 6.45) is 20.3. The molecule has 0 aromatic heterocycles. The predicted molar refractivity (Wildman–Crippen MR) is 79.6 cm³/mol. The van der Waals surface area contributed by atoms with E-state index in [0.717, 1.165) is 18.8 Å². The standard InChI is InChI=1S/C17H30O/c1-2-17-15-13-11-9-7-5-3-4-6-8-10-12-14-16-18-17/h2,15H,1,3-14,16H2/b17-15+. The van der Waals surface area contributed by atoms with Gasteiger partial charge in [-0.15, -0.1) is 0 Å². The van der Waals surface area contributed by atoms with Gasteiger partial charge in [0.2, 0.25) is 0 Å². The average Bonchev–Trinajstić information content (AvgIpc) is 2.39. The molecule has 18 heavy (non-hydrogen) atoms. The van der Waals surface area contributed by atoms with Gasteiger partial charge in [-0.3, -0.25) is 0 Å². The molecule has 0 amide bonds. The molecule has 0 atom stereocenters. The molecule has 0 bridgehead atoms. The third-order valence-corrected chi connectivity index (χ3v) is 3.66. The first-order chi connectivity index (χ1) is 8.93. The van der Waals surface area contributed by atoms with E-state index in [1.54, 1.807) is 0 Å². The first-order valence-corrected chi connectivity index (χ1v) is 7.89. The lowest BCUT2D eigenvalue weighted by Gasteiger charge is -2.08. The van der Waals surface area contributed by atoms with Crippen LogP contribution in [-0.4, -0.2) is 6.61 Å². The summed E-state index contributed by atoms with van der Waals surface area (Å²) in [5, 5.41) is 0. The van der Waals surface area contributed by atoms with Crippen molar-refractivity contribution in [2.75, 3.05) is 6.61 Å². The number of ether oxygens (including phenoxy) is 1. The SMILES string of the molecule is C=C/C1=C\CCCCCCCCCCCCCO1. The molecule has 0 aliphatic carbocycles. The number of rotatable bonds is 1. The van der Waals surface area contributed by atoms with Gasteiger partial charge in [0.05, 0.1) is 6.61 Å². The zero-order valence-corrected chi connectivity index (χ0v) is 12.0. The Morgan fingerprint density at radius 3 is 1.83 bits per heavy atom. The van der Waals surface area contributed by atoms with Gasteiger partial charge < -0.3 is 4.74 Å². The van der Waals surface area contributed by atoms with E-state index in [2.05, 4.69) is 12.7 Å². The van der Waals surface area contributed by atoms with Crippen LogP contribution in [0.15, 0.2) is 24.5 Å². The molecule has 1 nitrogen and oxygen atoms in total. The average molecular weight is 250 g/mol. The van der Waals surface area contributed by atoms with Crippen molar-refractivity contribution in [3.63, 3.8) is 0 Å². The minimum atomic E-state index is 0.859. The Kier molecular flexibility index (Phi) is 9.69. The summed E-state index contributed by atoms with van der Waals surface area (Å²) >= 11 is 0. The molecule has 1 rings (SSSR count). The van der Waals surface area contributed by atoms with Crippen molar-refractivity contribution in [2.45, 2.75) is 77.0 Å². The van der Waals surface area contributed by atoms with E-state index in [1.165, 1.54) is 70.6 Å². The topological polar surface area (TPSA) is 9.23 Å². The maximum Gasteiger partial charge on any atom is 0.114 e.